The van der Waals surface area contributed by atoms with Gasteiger partial charge in [0.25, 0.3) is 0 Å². The van der Waals surface area contributed by atoms with Gasteiger partial charge in [-0.25, -0.2) is 4.39 Å². The molecule has 3 rings (SSSR count). The minimum absolute atomic E-state index is 0.193. The van der Waals surface area contributed by atoms with E-state index in [1.165, 1.54) is 16.5 Å². The van der Waals surface area contributed by atoms with Crippen molar-refractivity contribution < 1.29 is 9.13 Å². The molecule has 3 aromatic rings. The fourth-order valence-corrected chi connectivity index (χ4v) is 4.30. The zero-order valence-corrected chi connectivity index (χ0v) is 12.6. The van der Waals surface area contributed by atoms with Gasteiger partial charge in [0.15, 0.2) is 11.6 Å². The van der Waals surface area contributed by atoms with Crippen molar-refractivity contribution >= 4 is 32.1 Å². The van der Waals surface area contributed by atoms with Crippen molar-refractivity contribution in [3.05, 3.63) is 52.0 Å². The van der Waals surface area contributed by atoms with E-state index in [-0.39, 0.29) is 17.6 Å². The maximum Gasteiger partial charge on any atom is 0.168 e. The van der Waals surface area contributed by atoms with Gasteiger partial charge in [0, 0.05) is 20.3 Å². The second kappa shape index (κ2) is 5.52. The largest absolute Gasteiger partial charge is 0.494 e. The van der Waals surface area contributed by atoms with E-state index in [1.807, 2.05) is 0 Å². The molecule has 2 nitrogen and oxygen atoms in total. The Bertz CT molecular complexity index is 706. The molecule has 1 atom stereocenters. The smallest absolute Gasteiger partial charge is 0.168 e. The first-order valence-electron chi connectivity index (χ1n) is 6.23. The van der Waals surface area contributed by atoms with Crippen LogP contribution in [0.2, 0.25) is 0 Å². The van der Waals surface area contributed by atoms with E-state index in [1.54, 1.807) is 40.9 Å². The third kappa shape index (κ3) is 2.44. The van der Waals surface area contributed by atoms with E-state index in [0.29, 0.717) is 12.0 Å². The zero-order valence-electron chi connectivity index (χ0n) is 10.9. The molecule has 20 heavy (non-hydrogen) atoms. The summed E-state index contributed by atoms with van der Waals surface area (Å²) in [6, 6.07) is 9.16. The number of rotatable bonds is 4. The van der Waals surface area contributed by atoms with Crippen molar-refractivity contribution in [3.8, 4) is 5.75 Å². The van der Waals surface area contributed by atoms with Crippen LogP contribution in [0.25, 0.3) is 9.40 Å². The molecule has 0 aliphatic carbocycles. The molecular weight excluding hydrogens is 293 g/mol. The highest BCUT2D eigenvalue weighted by Gasteiger charge is 2.15. The average Bonchev–Trinajstić information content (AvgIpc) is 3.02. The van der Waals surface area contributed by atoms with Crippen molar-refractivity contribution in [2.75, 3.05) is 7.11 Å². The summed E-state index contributed by atoms with van der Waals surface area (Å²) in [6.45, 7) is 0. The molecule has 1 unspecified atom stereocenters. The summed E-state index contributed by atoms with van der Waals surface area (Å²) in [5.41, 5.74) is 6.81. The van der Waals surface area contributed by atoms with E-state index < -0.39 is 0 Å². The van der Waals surface area contributed by atoms with Crippen molar-refractivity contribution in [3.63, 3.8) is 0 Å². The molecule has 0 amide bonds. The van der Waals surface area contributed by atoms with Gasteiger partial charge in [0.2, 0.25) is 0 Å². The Balaban J connectivity index is 1.85. The summed E-state index contributed by atoms with van der Waals surface area (Å²) in [5, 5.41) is 2.07. The number of methoxy groups -OCH3 is 1. The minimum atomic E-state index is -0.316. The molecule has 0 aliphatic rings. The molecule has 2 N–H and O–H groups in total. The van der Waals surface area contributed by atoms with Crippen LogP contribution >= 0.6 is 22.7 Å². The Morgan fingerprint density at radius 1 is 1.30 bits per heavy atom. The number of ether oxygens (including phenoxy) is 1. The second-order valence-electron chi connectivity index (χ2n) is 4.54. The SMILES string of the molecule is COc1cccc(CC(N)c2cc3sccc3s2)c1F. The lowest BCUT2D eigenvalue weighted by Crippen LogP contribution is -2.13. The molecule has 2 aromatic heterocycles. The van der Waals surface area contributed by atoms with Gasteiger partial charge in [-0.3, -0.25) is 0 Å². The molecule has 1 aromatic carbocycles. The minimum Gasteiger partial charge on any atom is -0.494 e. The fraction of sp³-hybridized carbons (Fsp3) is 0.200. The quantitative estimate of drug-likeness (QED) is 0.777. The Morgan fingerprint density at radius 3 is 2.90 bits per heavy atom. The second-order valence-corrected chi connectivity index (χ2v) is 6.60. The Labute approximate surface area is 124 Å². The molecule has 0 radical (unpaired) electrons. The zero-order chi connectivity index (χ0) is 14.1. The molecule has 5 heteroatoms. The first kappa shape index (κ1) is 13.5. The average molecular weight is 307 g/mol. The van der Waals surface area contributed by atoms with E-state index >= 15 is 0 Å². The first-order chi connectivity index (χ1) is 9.69. The summed E-state index contributed by atoms with van der Waals surface area (Å²) >= 11 is 3.38. The maximum atomic E-state index is 14.1. The lowest BCUT2D eigenvalue weighted by molar-refractivity contribution is 0.383. The third-order valence-electron chi connectivity index (χ3n) is 3.23. The molecule has 0 bridgehead atoms. The predicted octanol–water partition coefficient (Wildman–Crippen LogP) is 4.35. The molecule has 0 spiro atoms. The first-order valence-corrected chi connectivity index (χ1v) is 7.92. The van der Waals surface area contributed by atoms with Crippen molar-refractivity contribution in [2.24, 2.45) is 5.73 Å². The highest BCUT2D eigenvalue weighted by Crippen LogP contribution is 2.34. The molecule has 104 valence electrons. The van der Waals surface area contributed by atoms with E-state index in [0.717, 1.165) is 4.88 Å². The number of benzene rings is 1. The van der Waals surface area contributed by atoms with Crippen LogP contribution in [0.3, 0.4) is 0 Å². The highest BCUT2D eigenvalue weighted by molar-refractivity contribution is 7.26. The third-order valence-corrected chi connectivity index (χ3v) is 5.45. The number of nitrogens with two attached hydrogens (primary N) is 1. The van der Waals surface area contributed by atoms with Crippen LogP contribution in [0.5, 0.6) is 5.75 Å². The summed E-state index contributed by atoms with van der Waals surface area (Å²) in [4.78, 5) is 1.09. The van der Waals surface area contributed by atoms with Crippen LogP contribution in [0.1, 0.15) is 16.5 Å². The van der Waals surface area contributed by atoms with Gasteiger partial charge in [0.05, 0.1) is 7.11 Å². The number of halogens is 1. The normalized spacial score (nSPS) is 12.8. The summed E-state index contributed by atoms with van der Waals surface area (Å²) < 4.78 is 21.6. The Kier molecular flexibility index (Phi) is 3.74. The lowest BCUT2D eigenvalue weighted by atomic mass is 10.0. The molecular formula is C15H14FNOS2. The van der Waals surface area contributed by atoms with Gasteiger partial charge in [-0.1, -0.05) is 12.1 Å². The van der Waals surface area contributed by atoms with E-state index in [9.17, 15) is 4.39 Å². The van der Waals surface area contributed by atoms with Gasteiger partial charge >= 0.3 is 0 Å². The van der Waals surface area contributed by atoms with Crippen LogP contribution in [0.15, 0.2) is 35.7 Å². The number of thiophene rings is 2. The number of hydrogen-bond acceptors (Lipinski definition) is 4. The van der Waals surface area contributed by atoms with Gasteiger partial charge in [-0.2, -0.15) is 0 Å². The molecule has 2 heterocycles. The lowest BCUT2D eigenvalue weighted by Gasteiger charge is -2.12. The van der Waals surface area contributed by atoms with Crippen LogP contribution < -0.4 is 10.5 Å². The van der Waals surface area contributed by atoms with Crippen molar-refractivity contribution in [1.29, 1.82) is 0 Å². The van der Waals surface area contributed by atoms with E-state index in [4.69, 9.17) is 10.5 Å². The van der Waals surface area contributed by atoms with Crippen LogP contribution in [-0.2, 0) is 6.42 Å². The number of hydrogen-bond donors (Lipinski definition) is 1. The highest BCUT2D eigenvalue weighted by atomic mass is 32.1. The topological polar surface area (TPSA) is 35.2 Å². The van der Waals surface area contributed by atoms with Crippen LogP contribution in [0.4, 0.5) is 4.39 Å². The molecule has 0 fully saturated rings. The molecule has 0 saturated heterocycles. The predicted molar refractivity (Wildman–Crippen MR) is 83.3 cm³/mol. The monoisotopic (exact) mass is 307 g/mol. The van der Waals surface area contributed by atoms with Gasteiger partial charge in [0.1, 0.15) is 0 Å². The standard InChI is InChI=1S/C15H14FNOS2/c1-18-11-4-2-3-9(15(11)16)7-10(17)13-8-14-12(20-13)5-6-19-14/h2-6,8,10H,7,17H2,1H3. The Hall–Kier alpha value is -1.43. The number of fused-ring (bicyclic) bond motifs is 1. The van der Waals surface area contributed by atoms with Crippen molar-refractivity contribution in [2.45, 2.75) is 12.5 Å². The summed E-state index contributed by atoms with van der Waals surface area (Å²) in [6.07, 6.45) is 0.469. The van der Waals surface area contributed by atoms with Crippen LogP contribution in [0, 0.1) is 5.82 Å². The molecule has 0 saturated carbocycles. The van der Waals surface area contributed by atoms with E-state index in [2.05, 4.69) is 17.5 Å². The summed E-state index contributed by atoms with van der Waals surface area (Å²) in [7, 11) is 1.47. The van der Waals surface area contributed by atoms with Gasteiger partial charge in [-0.15, -0.1) is 22.7 Å². The maximum absolute atomic E-state index is 14.1. The van der Waals surface area contributed by atoms with Gasteiger partial charge in [-0.05, 0) is 35.6 Å². The van der Waals surface area contributed by atoms with Gasteiger partial charge < -0.3 is 10.5 Å². The van der Waals surface area contributed by atoms with Crippen molar-refractivity contribution in [1.82, 2.24) is 0 Å². The van der Waals surface area contributed by atoms with Crippen LogP contribution in [-0.4, -0.2) is 7.11 Å². The summed E-state index contributed by atoms with van der Waals surface area (Å²) in [5.74, 6) is -0.0503. The molecule has 0 aliphatic heterocycles. The Morgan fingerprint density at radius 2 is 2.15 bits per heavy atom. The fourth-order valence-electron chi connectivity index (χ4n) is 2.18.